The van der Waals surface area contributed by atoms with Crippen molar-refractivity contribution in [1.82, 2.24) is 25.9 Å². The van der Waals surface area contributed by atoms with E-state index in [2.05, 4.69) is 47.2 Å². The number of aromatic nitrogens is 4. The van der Waals surface area contributed by atoms with Gasteiger partial charge in [-0.05, 0) is 99.9 Å². The van der Waals surface area contributed by atoms with E-state index in [1.807, 2.05) is 45.0 Å². The van der Waals surface area contributed by atoms with E-state index < -0.39 is 23.4 Å². The first-order chi connectivity index (χ1) is 20.0. The van der Waals surface area contributed by atoms with Crippen molar-refractivity contribution in [2.75, 3.05) is 11.9 Å². The highest BCUT2D eigenvalue weighted by Crippen LogP contribution is 2.32. The summed E-state index contributed by atoms with van der Waals surface area (Å²) < 4.78 is 20.9. The maximum absolute atomic E-state index is 14.7. The number of carbonyl (C=O) groups excluding carboxylic acids is 3. The summed E-state index contributed by atoms with van der Waals surface area (Å²) >= 11 is 3.47. The standard InChI is InChI=1S/C30H36BrFN6O4/c1-30(2,3)42-29(41)33-17-18-7-9-20(10-8-18)26(39)15-21(13-19-5-4-6-22(31)14-19)28(40)34-23-11-12-24(25(32)16-23)27-35-37-38-36-27/h4-6,11-12,14,16,18,20-21H,7-10,13,15,17H2,1-3H3,(H,33,41)(H,34,40)(H,35,36,37,38)/t18?,20?,21-/m1/s1. The highest BCUT2D eigenvalue weighted by molar-refractivity contribution is 9.10. The quantitative estimate of drug-likeness (QED) is 0.252. The van der Waals surface area contributed by atoms with E-state index in [0.29, 0.717) is 25.8 Å². The number of amides is 2. The Morgan fingerprint density at radius 1 is 1.12 bits per heavy atom. The number of H-pyrrole nitrogens is 1. The Morgan fingerprint density at radius 3 is 2.52 bits per heavy atom. The summed E-state index contributed by atoms with van der Waals surface area (Å²) in [7, 11) is 0. The van der Waals surface area contributed by atoms with Crippen LogP contribution in [0.4, 0.5) is 14.9 Å². The molecular weight excluding hydrogens is 607 g/mol. The van der Waals surface area contributed by atoms with Crippen LogP contribution in [0, 0.1) is 23.6 Å². The molecule has 1 aliphatic carbocycles. The second kappa shape index (κ2) is 14.0. The van der Waals surface area contributed by atoms with Crippen molar-refractivity contribution in [3.05, 3.63) is 58.3 Å². The van der Waals surface area contributed by atoms with Gasteiger partial charge in [-0.3, -0.25) is 9.59 Å². The number of rotatable bonds is 10. The molecule has 0 unspecified atom stereocenters. The van der Waals surface area contributed by atoms with Crippen molar-refractivity contribution in [2.24, 2.45) is 17.8 Å². The van der Waals surface area contributed by atoms with Crippen molar-refractivity contribution in [3.8, 4) is 11.4 Å². The summed E-state index contributed by atoms with van der Waals surface area (Å²) in [4.78, 5) is 38.9. The number of ether oxygens (including phenoxy) is 1. The summed E-state index contributed by atoms with van der Waals surface area (Å²) in [6.45, 7) is 5.96. The number of ketones is 1. The van der Waals surface area contributed by atoms with E-state index in [1.54, 1.807) is 6.07 Å². The largest absolute Gasteiger partial charge is 0.444 e. The van der Waals surface area contributed by atoms with Gasteiger partial charge in [0.25, 0.3) is 0 Å². The molecule has 1 saturated carbocycles. The van der Waals surface area contributed by atoms with Crippen molar-refractivity contribution < 1.29 is 23.5 Å². The van der Waals surface area contributed by atoms with E-state index in [9.17, 15) is 18.8 Å². The maximum Gasteiger partial charge on any atom is 0.407 e. The molecule has 4 rings (SSSR count). The van der Waals surface area contributed by atoms with Crippen LogP contribution in [-0.2, 0) is 20.7 Å². The third kappa shape index (κ3) is 9.17. The van der Waals surface area contributed by atoms with Gasteiger partial charge in [-0.15, -0.1) is 10.2 Å². The Bertz CT molecular complexity index is 1390. The molecule has 224 valence electrons. The van der Waals surface area contributed by atoms with Crippen LogP contribution in [0.25, 0.3) is 11.4 Å². The lowest BCUT2D eigenvalue weighted by Gasteiger charge is -2.29. The summed E-state index contributed by atoms with van der Waals surface area (Å²) in [5.41, 5.74) is 0.779. The van der Waals surface area contributed by atoms with Gasteiger partial charge in [0.2, 0.25) is 11.7 Å². The van der Waals surface area contributed by atoms with E-state index in [1.165, 1.54) is 12.1 Å². The molecule has 12 heteroatoms. The van der Waals surface area contributed by atoms with E-state index in [4.69, 9.17) is 4.74 Å². The number of anilines is 1. The first-order valence-electron chi connectivity index (χ1n) is 14.0. The maximum atomic E-state index is 14.7. The van der Waals surface area contributed by atoms with Crippen LogP contribution in [0.15, 0.2) is 46.9 Å². The molecule has 1 aliphatic rings. The molecule has 0 radical (unpaired) electrons. The molecule has 0 spiro atoms. The average molecular weight is 644 g/mol. The molecule has 1 atom stereocenters. The number of nitrogens with zero attached hydrogens (tertiary/aromatic N) is 3. The number of Topliss-reactive ketones (excluding diaryl/α,β-unsaturated/α-hetero) is 1. The first-order valence-corrected chi connectivity index (χ1v) is 14.8. The van der Waals surface area contributed by atoms with Crippen LogP contribution in [0.1, 0.15) is 58.4 Å². The third-order valence-corrected chi connectivity index (χ3v) is 7.74. The molecule has 3 N–H and O–H groups in total. The van der Waals surface area contributed by atoms with Crippen LogP contribution < -0.4 is 10.6 Å². The Balaban J connectivity index is 1.37. The van der Waals surface area contributed by atoms with Gasteiger partial charge in [0.1, 0.15) is 17.2 Å². The lowest BCUT2D eigenvalue weighted by Crippen LogP contribution is -2.37. The highest BCUT2D eigenvalue weighted by Gasteiger charge is 2.31. The second-order valence-corrected chi connectivity index (χ2v) is 12.6. The number of benzene rings is 2. The molecule has 0 aliphatic heterocycles. The van der Waals surface area contributed by atoms with Crippen molar-refractivity contribution >= 4 is 39.4 Å². The minimum Gasteiger partial charge on any atom is -0.444 e. The van der Waals surface area contributed by atoms with E-state index >= 15 is 0 Å². The predicted octanol–water partition coefficient (Wildman–Crippen LogP) is 5.86. The van der Waals surface area contributed by atoms with Crippen LogP contribution in [0.5, 0.6) is 0 Å². The summed E-state index contributed by atoms with van der Waals surface area (Å²) in [5.74, 6) is -1.32. The lowest BCUT2D eigenvalue weighted by atomic mass is 9.77. The molecule has 3 aromatic rings. The molecule has 1 aromatic heterocycles. The Morgan fingerprint density at radius 2 is 1.88 bits per heavy atom. The summed E-state index contributed by atoms with van der Waals surface area (Å²) in [6, 6.07) is 11.9. The number of hydrogen-bond acceptors (Lipinski definition) is 7. The van der Waals surface area contributed by atoms with Gasteiger partial charge in [-0.25, -0.2) is 9.18 Å². The molecule has 2 aromatic carbocycles. The number of aromatic amines is 1. The molecule has 2 amide bonds. The summed E-state index contributed by atoms with van der Waals surface area (Å²) in [5, 5.41) is 18.9. The number of nitrogens with one attached hydrogen (secondary N) is 3. The van der Waals surface area contributed by atoms with Gasteiger partial charge in [0.15, 0.2) is 0 Å². The third-order valence-electron chi connectivity index (χ3n) is 7.25. The summed E-state index contributed by atoms with van der Waals surface area (Å²) in [6.07, 6.45) is 3.01. The zero-order valence-electron chi connectivity index (χ0n) is 24.0. The zero-order valence-corrected chi connectivity index (χ0v) is 25.5. The topological polar surface area (TPSA) is 139 Å². The van der Waals surface area contributed by atoms with Crippen LogP contribution >= 0.6 is 15.9 Å². The number of alkyl carbamates (subject to hydrolysis) is 1. The molecule has 10 nitrogen and oxygen atoms in total. The van der Waals surface area contributed by atoms with Crippen LogP contribution in [-0.4, -0.2) is 50.6 Å². The molecule has 1 heterocycles. The zero-order chi connectivity index (χ0) is 30.3. The van der Waals surface area contributed by atoms with Crippen molar-refractivity contribution in [2.45, 2.75) is 64.9 Å². The van der Waals surface area contributed by atoms with Crippen LogP contribution in [0.3, 0.4) is 0 Å². The second-order valence-electron chi connectivity index (χ2n) is 11.7. The average Bonchev–Trinajstić information content (AvgIpc) is 3.46. The molecule has 0 bridgehead atoms. The highest BCUT2D eigenvalue weighted by atomic mass is 79.9. The van der Waals surface area contributed by atoms with E-state index in [0.717, 1.165) is 22.9 Å². The van der Waals surface area contributed by atoms with Gasteiger partial charge in [0.05, 0.1) is 5.56 Å². The number of halogens is 2. The van der Waals surface area contributed by atoms with Crippen LogP contribution in [0.2, 0.25) is 0 Å². The number of carbonyl (C=O) groups is 3. The molecular formula is C30H36BrFN6O4. The number of tetrazole rings is 1. The molecule has 0 saturated heterocycles. The van der Waals surface area contributed by atoms with Gasteiger partial charge < -0.3 is 15.4 Å². The van der Waals surface area contributed by atoms with Crippen molar-refractivity contribution in [3.63, 3.8) is 0 Å². The van der Waals surface area contributed by atoms with Gasteiger partial charge >= 0.3 is 6.09 Å². The van der Waals surface area contributed by atoms with Gasteiger partial charge in [0, 0.05) is 35.0 Å². The normalized spacial score (nSPS) is 17.7. The monoisotopic (exact) mass is 642 g/mol. The van der Waals surface area contributed by atoms with Gasteiger partial charge in [-0.2, -0.15) is 5.21 Å². The fourth-order valence-corrected chi connectivity index (χ4v) is 5.59. The Kier molecular flexibility index (Phi) is 10.4. The molecule has 1 fully saturated rings. The van der Waals surface area contributed by atoms with Crippen molar-refractivity contribution in [1.29, 1.82) is 0 Å². The SMILES string of the molecule is CC(C)(C)OC(=O)NCC1CCC(C(=O)C[C@@H](Cc2cccc(Br)c2)C(=O)Nc2ccc(-c3nn[nH]n3)c(F)c2)CC1. The minimum atomic E-state index is -0.640. The van der Waals surface area contributed by atoms with Gasteiger partial charge in [-0.1, -0.05) is 28.1 Å². The minimum absolute atomic E-state index is 0.0438. The smallest absolute Gasteiger partial charge is 0.407 e. The number of hydrogen-bond donors (Lipinski definition) is 3. The first kappa shape index (κ1) is 31.3. The Hall–Kier alpha value is -3.67. The molecule has 42 heavy (non-hydrogen) atoms. The lowest BCUT2D eigenvalue weighted by molar-refractivity contribution is -0.129. The Labute approximate surface area is 252 Å². The fraction of sp³-hybridized carbons (Fsp3) is 0.467. The fourth-order valence-electron chi connectivity index (χ4n) is 5.14. The predicted molar refractivity (Wildman–Crippen MR) is 159 cm³/mol. The van der Waals surface area contributed by atoms with E-state index in [-0.39, 0.29) is 47.0 Å².